The molecule has 0 aromatic rings. The van der Waals surface area contributed by atoms with Crippen LogP contribution in [0.2, 0.25) is 0 Å². The summed E-state index contributed by atoms with van der Waals surface area (Å²) in [5, 5.41) is 0. The molecule has 11 heteroatoms. The first-order valence-corrected chi connectivity index (χ1v) is 3.80. The maximum atomic E-state index is 12.9. The fraction of sp³-hybridized carbons (Fsp3) is 0.571. The van der Waals surface area contributed by atoms with Gasteiger partial charge in [-0.25, -0.2) is 9.18 Å². The van der Waals surface area contributed by atoms with Gasteiger partial charge < -0.3 is 4.74 Å². The molecule has 0 aliphatic heterocycles. The van der Waals surface area contributed by atoms with Crippen LogP contribution in [-0.4, -0.2) is 42.7 Å². The number of rotatable bonds is 3. The lowest BCUT2D eigenvalue weighted by Gasteiger charge is -2.27. The van der Waals surface area contributed by atoms with Crippen LogP contribution in [0.5, 0.6) is 0 Å². The van der Waals surface area contributed by atoms with Gasteiger partial charge in [-0.2, -0.15) is 26.3 Å². The quantitative estimate of drug-likeness (QED) is 0.337. The molecule has 0 fully saturated rings. The first-order chi connectivity index (χ1) is 7.80. The largest absolute Gasteiger partial charge is 0.463 e. The Morgan fingerprint density at radius 2 is 1.17 bits per heavy atom. The number of hydrogen-bond acceptors (Lipinski definition) is 4. The molecular weight excluding hydrogens is 281 g/mol. The molecule has 0 saturated heterocycles. The number of carbonyl (C=O) groups is 3. The minimum absolute atomic E-state index is 0.411. The average Bonchev–Trinajstić information content (AvgIpc) is 2.21. The molecular formula is C7H3F7O4. The molecule has 0 bridgehead atoms. The van der Waals surface area contributed by atoms with E-state index in [0.29, 0.717) is 7.11 Å². The van der Waals surface area contributed by atoms with Gasteiger partial charge in [0.1, 0.15) is 0 Å². The Morgan fingerprint density at radius 3 is 1.39 bits per heavy atom. The predicted octanol–water partition coefficient (Wildman–Crippen LogP) is 1.13. The van der Waals surface area contributed by atoms with E-state index in [-0.39, 0.29) is 0 Å². The van der Waals surface area contributed by atoms with E-state index in [0.717, 1.165) is 0 Å². The summed E-state index contributed by atoms with van der Waals surface area (Å²) in [7, 11) is 0.411. The molecule has 0 saturated carbocycles. The number of ketones is 2. The highest BCUT2D eigenvalue weighted by molar-refractivity contribution is 6.63. The van der Waals surface area contributed by atoms with Gasteiger partial charge in [-0.1, -0.05) is 0 Å². The SMILES string of the molecule is COC(=O)C(=O)C(=O)C(F)(C(F)(F)F)C(F)(F)F. The van der Waals surface area contributed by atoms with Gasteiger partial charge in [0.05, 0.1) is 7.11 Å². The van der Waals surface area contributed by atoms with Gasteiger partial charge in [-0.3, -0.25) is 9.59 Å². The third-order valence-electron chi connectivity index (χ3n) is 1.67. The molecule has 0 atom stereocenters. The molecule has 104 valence electrons. The minimum Gasteiger partial charge on any atom is -0.463 e. The molecule has 0 rings (SSSR count). The molecule has 0 aromatic carbocycles. The highest BCUT2D eigenvalue weighted by Gasteiger charge is 2.78. The molecule has 4 nitrogen and oxygen atoms in total. The fourth-order valence-corrected chi connectivity index (χ4v) is 0.760. The molecule has 0 heterocycles. The van der Waals surface area contributed by atoms with Gasteiger partial charge in [-0.05, 0) is 0 Å². The van der Waals surface area contributed by atoms with Crippen molar-refractivity contribution in [1.29, 1.82) is 0 Å². The van der Waals surface area contributed by atoms with E-state index in [1.165, 1.54) is 0 Å². The zero-order valence-corrected chi connectivity index (χ0v) is 8.28. The van der Waals surface area contributed by atoms with Crippen molar-refractivity contribution in [2.75, 3.05) is 7.11 Å². The summed E-state index contributed by atoms with van der Waals surface area (Å²) in [5.41, 5.74) is -6.45. The number of Topliss-reactive ketones (excluding diaryl/α,β-unsaturated/α-hetero) is 2. The van der Waals surface area contributed by atoms with E-state index in [2.05, 4.69) is 4.74 Å². The summed E-state index contributed by atoms with van der Waals surface area (Å²) < 4.78 is 88.1. The van der Waals surface area contributed by atoms with E-state index in [9.17, 15) is 45.1 Å². The van der Waals surface area contributed by atoms with Gasteiger partial charge in [0.2, 0.25) is 0 Å². The fourth-order valence-electron chi connectivity index (χ4n) is 0.760. The van der Waals surface area contributed by atoms with E-state index in [1.807, 2.05) is 0 Å². The van der Waals surface area contributed by atoms with E-state index >= 15 is 0 Å². The number of esters is 1. The maximum absolute atomic E-state index is 12.9. The zero-order chi connectivity index (χ0) is 14.9. The number of alkyl halides is 7. The Balaban J connectivity index is 5.74. The Hall–Kier alpha value is -1.68. The molecule has 0 unspecified atom stereocenters. The summed E-state index contributed by atoms with van der Waals surface area (Å²) in [5.74, 6) is -8.83. The number of methoxy groups -OCH3 is 1. The monoisotopic (exact) mass is 284 g/mol. The van der Waals surface area contributed by atoms with Crippen molar-refractivity contribution >= 4 is 17.5 Å². The molecule has 0 aliphatic carbocycles. The van der Waals surface area contributed by atoms with Crippen molar-refractivity contribution in [3.8, 4) is 0 Å². The van der Waals surface area contributed by atoms with Crippen molar-refractivity contribution in [3.63, 3.8) is 0 Å². The Bertz CT molecular complexity index is 366. The lowest BCUT2D eigenvalue weighted by Crippen LogP contribution is -2.61. The van der Waals surface area contributed by atoms with Crippen molar-refractivity contribution in [2.45, 2.75) is 18.0 Å². The highest BCUT2D eigenvalue weighted by atomic mass is 19.4. The van der Waals surface area contributed by atoms with Gasteiger partial charge in [0.15, 0.2) is 0 Å². The second kappa shape index (κ2) is 4.53. The first-order valence-electron chi connectivity index (χ1n) is 3.80. The van der Waals surface area contributed by atoms with E-state index in [1.54, 1.807) is 0 Å². The predicted molar refractivity (Wildman–Crippen MR) is 38.0 cm³/mol. The second-order valence-corrected chi connectivity index (χ2v) is 2.80. The van der Waals surface area contributed by atoms with Crippen LogP contribution in [0.1, 0.15) is 0 Å². The molecule has 0 aromatic heterocycles. The first kappa shape index (κ1) is 16.3. The Kier molecular flexibility index (Phi) is 4.11. The molecule has 0 amide bonds. The molecule has 0 aliphatic rings. The summed E-state index contributed by atoms with van der Waals surface area (Å²) in [6.07, 6.45) is -13.5. The molecule has 0 N–H and O–H groups in total. The van der Waals surface area contributed by atoms with Crippen molar-refractivity contribution in [1.82, 2.24) is 0 Å². The number of halogens is 7. The number of carbonyl (C=O) groups excluding carboxylic acids is 3. The third-order valence-corrected chi connectivity index (χ3v) is 1.67. The number of ether oxygens (including phenoxy) is 1. The summed E-state index contributed by atoms with van der Waals surface area (Å²) in [6, 6.07) is 0. The van der Waals surface area contributed by atoms with Crippen LogP contribution < -0.4 is 0 Å². The highest BCUT2D eigenvalue weighted by Crippen LogP contribution is 2.46. The average molecular weight is 284 g/mol. The standard InChI is InChI=1S/C7H3F7O4/c1-18-4(17)2(15)3(16)5(8,6(9,10)11)7(12,13)14/h1H3. The lowest BCUT2D eigenvalue weighted by atomic mass is 9.95. The van der Waals surface area contributed by atoms with Crippen LogP contribution in [0.15, 0.2) is 0 Å². The van der Waals surface area contributed by atoms with Crippen LogP contribution in [0.25, 0.3) is 0 Å². The van der Waals surface area contributed by atoms with Crippen LogP contribution in [0, 0.1) is 0 Å². The zero-order valence-electron chi connectivity index (χ0n) is 8.28. The van der Waals surface area contributed by atoms with Gasteiger partial charge in [-0.15, -0.1) is 0 Å². The van der Waals surface area contributed by atoms with E-state index < -0.39 is 35.6 Å². The van der Waals surface area contributed by atoms with E-state index in [4.69, 9.17) is 0 Å². The van der Waals surface area contributed by atoms with Crippen LogP contribution in [0.3, 0.4) is 0 Å². The Labute approximate surface area is 93.7 Å². The molecule has 0 radical (unpaired) electrons. The smallest absolute Gasteiger partial charge is 0.439 e. The topological polar surface area (TPSA) is 60.4 Å². The lowest BCUT2D eigenvalue weighted by molar-refractivity contribution is -0.323. The second-order valence-electron chi connectivity index (χ2n) is 2.80. The molecule has 18 heavy (non-hydrogen) atoms. The van der Waals surface area contributed by atoms with Gasteiger partial charge >= 0.3 is 29.8 Å². The Morgan fingerprint density at radius 1 is 0.833 bits per heavy atom. The van der Waals surface area contributed by atoms with Crippen molar-refractivity contribution < 1.29 is 49.9 Å². The van der Waals surface area contributed by atoms with Crippen LogP contribution in [-0.2, 0) is 19.1 Å². The minimum atomic E-state index is -6.74. The van der Waals surface area contributed by atoms with Crippen molar-refractivity contribution in [3.05, 3.63) is 0 Å². The van der Waals surface area contributed by atoms with Crippen molar-refractivity contribution in [2.24, 2.45) is 0 Å². The summed E-state index contributed by atoms with van der Waals surface area (Å²) >= 11 is 0. The molecule has 0 spiro atoms. The summed E-state index contributed by atoms with van der Waals surface area (Å²) in [4.78, 5) is 31.5. The van der Waals surface area contributed by atoms with Crippen LogP contribution >= 0.6 is 0 Å². The number of hydrogen-bond donors (Lipinski definition) is 0. The summed E-state index contributed by atoms with van der Waals surface area (Å²) in [6.45, 7) is 0. The van der Waals surface area contributed by atoms with Crippen LogP contribution in [0.4, 0.5) is 30.7 Å². The normalized spacial score (nSPS) is 13.1. The van der Waals surface area contributed by atoms with Gasteiger partial charge in [0.25, 0.3) is 5.78 Å². The maximum Gasteiger partial charge on any atom is 0.439 e. The third kappa shape index (κ3) is 2.43. The van der Waals surface area contributed by atoms with Gasteiger partial charge in [0, 0.05) is 0 Å².